The molecule has 1 atom stereocenters. The van der Waals surface area contributed by atoms with Crippen LogP contribution in [0, 0.1) is 0 Å². The Morgan fingerprint density at radius 2 is 2.64 bits per heavy atom. The molecule has 0 spiro atoms. The number of rotatable bonds is 1. The molecule has 2 rings (SSSR count). The molecule has 0 amide bonds. The Labute approximate surface area is 70.4 Å². The predicted molar refractivity (Wildman–Crippen MR) is 46.8 cm³/mol. The first kappa shape index (κ1) is 7.25. The minimum absolute atomic E-state index is 0.527. The van der Waals surface area contributed by atoms with Gasteiger partial charge in [0.25, 0.3) is 0 Å². The van der Waals surface area contributed by atoms with E-state index < -0.39 is 0 Å². The summed E-state index contributed by atoms with van der Waals surface area (Å²) in [6.45, 7) is 2.17. The van der Waals surface area contributed by atoms with Gasteiger partial charge in [0, 0.05) is 18.8 Å². The summed E-state index contributed by atoms with van der Waals surface area (Å²) in [7, 11) is 0. The zero-order valence-electron chi connectivity index (χ0n) is 6.25. The van der Waals surface area contributed by atoms with Crippen molar-refractivity contribution < 1.29 is 4.42 Å². The molecule has 0 saturated carbocycles. The fourth-order valence-corrected chi connectivity index (χ4v) is 2.30. The first-order chi connectivity index (χ1) is 5.47. The van der Waals surface area contributed by atoms with E-state index in [9.17, 15) is 0 Å². The van der Waals surface area contributed by atoms with Crippen LogP contribution in [0.2, 0.25) is 0 Å². The molecule has 1 aliphatic heterocycles. The maximum Gasteiger partial charge on any atom is 0.118 e. The van der Waals surface area contributed by atoms with Gasteiger partial charge in [-0.1, -0.05) is 0 Å². The lowest BCUT2D eigenvalue weighted by atomic mass is 10.3. The van der Waals surface area contributed by atoms with Gasteiger partial charge >= 0.3 is 0 Å². The van der Waals surface area contributed by atoms with Crippen molar-refractivity contribution in [3.63, 3.8) is 0 Å². The summed E-state index contributed by atoms with van der Waals surface area (Å²) in [6, 6.07) is 4.00. The molecular formula is C8H11NOS. The van der Waals surface area contributed by atoms with Crippen LogP contribution in [0.4, 0.5) is 0 Å². The number of furan rings is 1. The van der Waals surface area contributed by atoms with Crippen molar-refractivity contribution in [2.45, 2.75) is 5.25 Å². The van der Waals surface area contributed by atoms with Crippen molar-refractivity contribution in [2.75, 3.05) is 18.8 Å². The molecular weight excluding hydrogens is 158 g/mol. The molecule has 1 N–H and O–H groups in total. The maximum absolute atomic E-state index is 5.31. The van der Waals surface area contributed by atoms with E-state index in [0.717, 1.165) is 18.8 Å². The molecule has 1 aromatic heterocycles. The van der Waals surface area contributed by atoms with Crippen molar-refractivity contribution in [3.05, 3.63) is 24.2 Å². The molecule has 1 saturated heterocycles. The normalized spacial score (nSPS) is 25.3. The first-order valence-electron chi connectivity index (χ1n) is 3.82. The number of thioether (sulfide) groups is 1. The van der Waals surface area contributed by atoms with Gasteiger partial charge in [-0.15, -0.1) is 11.8 Å². The first-order valence-corrected chi connectivity index (χ1v) is 4.87. The molecule has 0 aromatic carbocycles. The molecule has 11 heavy (non-hydrogen) atoms. The molecule has 60 valence electrons. The molecule has 0 aliphatic carbocycles. The van der Waals surface area contributed by atoms with Crippen LogP contribution in [0.1, 0.15) is 11.0 Å². The zero-order chi connectivity index (χ0) is 7.52. The molecule has 2 nitrogen and oxygen atoms in total. The van der Waals surface area contributed by atoms with Gasteiger partial charge in [0.15, 0.2) is 0 Å². The Hall–Kier alpha value is -0.410. The van der Waals surface area contributed by atoms with Gasteiger partial charge in [-0.05, 0) is 12.1 Å². The number of hydrogen-bond donors (Lipinski definition) is 1. The van der Waals surface area contributed by atoms with Crippen molar-refractivity contribution in [1.82, 2.24) is 5.32 Å². The monoisotopic (exact) mass is 169 g/mol. The molecule has 0 radical (unpaired) electrons. The predicted octanol–water partition coefficient (Wildman–Crippen LogP) is 1.66. The summed E-state index contributed by atoms with van der Waals surface area (Å²) in [5.74, 6) is 2.29. The zero-order valence-corrected chi connectivity index (χ0v) is 7.06. The van der Waals surface area contributed by atoms with E-state index in [1.165, 1.54) is 5.75 Å². The van der Waals surface area contributed by atoms with Crippen LogP contribution in [0.5, 0.6) is 0 Å². The van der Waals surface area contributed by atoms with E-state index in [1.54, 1.807) is 6.26 Å². The lowest BCUT2D eigenvalue weighted by molar-refractivity contribution is 0.493. The van der Waals surface area contributed by atoms with E-state index in [1.807, 2.05) is 23.9 Å². The lowest BCUT2D eigenvalue weighted by Crippen LogP contribution is -2.27. The highest BCUT2D eigenvalue weighted by Crippen LogP contribution is 2.29. The molecule has 1 aromatic rings. The second kappa shape index (κ2) is 3.32. The second-order valence-corrected chi connectivity index (χ2v) is 3.89. The molecule has 1 unspecified atom stereocenters. The van der Waals surface area contributed by atoms with Crippen LogP contribution in [0.3, 0.4) is 0 Å². The topological polar surface area (TPSA) is 25.2 Å². The summed E-state index contributed by atoms with van der Waals surface area (Å²) in [5, 5.41) is 3.87. The second-order valence-electron chi connectivity index (χ2n) is 2.58. The Kier molecular flexibility index (Phi) is 2.19. The fraction of sp³-hybridized carbons (Fsp3) is 0.500. The van der Waals surface area contributed by atoms with Gasteiger partial charge in [-0.2, -0.15) is 0 Å². The Bertz CT molecular complexity index is 204. The highest BCUT2D eigenvalue weighted by Gasteiger charge is 2.17. The largest absolute Gasteiger partial charge is 0.468 e. The minimum Gasteiger partial charge on any atom is -0.468 e. The Morgan fingerprint density at radius 3 is 3.27 bits per heavy atom. The van der Waals surface area contributed by atoms with Gasteiger partial charge in [0.05, 0.1) is 11.5 Å². The highest BCUT2D eigenvalue weighted by molar-refractivity contribution is 7.99. The lowest BCUT2D eigenvalue weighted by Gasteiger charge is -2.19. The summed E-state index contributed by atoms with van der Waals surface area (Å²) in [5.41, 5.74) is 0. The molecule has 1 aliphatic rings. The van der Waals surface area contributed by atoms with Gasteiger partial charge in [0.2, 0.25) is 0 Å². The van der Waals surface area contributed by atoms with Gasteiger partial charge in [-0.3, -0.25) is 0 Å². The average Bonchev–Trinajstić information content (AvgIpc) is 2.58. The molecule has 0 bridgehead atoms. The summed E-state index contributed by atoms with van der Waals surface area (Å²) < 4.78 is 5.31. The van der Waals surface area contributed by atoms with E-state index in [-0.39, 0.29) is 0 Å². The van der Waals surface area contributed by atoms with Crippen molar-refractivity contribution in [3.8, 4) is 0 Å². The van der Waals surface area contributed by atoms with Crippen molar-refractivity contribution in [2.24, 2.45) is 0 Å². The summed E-state index contributed by atoms with van der Waals surface area (Å²) in [4.78, 5) is 0. The third kappa shape index (κ3) is 1.60. The molecule has 1 fully saturated rings. The van der Waals surface area contributed by atoms with E-state index in [4.69, 9.17) is 4.42 Å². The van der Waals surface area contributed by atoms with Gasteiger partial charge in [0.1, 0.15) is 5.76 Å². The molecule has 2 heterocycles. The van der Waals surface area contributed by atoms with Crippen molar-refractivity contribution >= 4 is 11.8 Å². The Morgan fingerprint density at radius 1 is 1.64 bits per heavy atom. The van der Waals surface area contributed by atoms with Crippen LogP contribution in [0.15, 0.2) is 22.8 Å². The Balaban J connectivity index is 2.04. The van der Waals surface area contributed by atoms with Crippen LogP contribution >= 0.6 is 11.8 Å². The number of hydrogen-bond acceptors (Lipinski definition) is 3. The summed E-state index contributed by atoms with van der Waals surface area (Å²) >= 11 is 1.96. The fourth-order valence-electron chi connectivity index (χ4n) is 1.22. The highest BCUT2D eigenvalue weighted by atomic mass is 32.2. The van der Waals surface area contributed by atoms with Crippen LogP contribution in [0.25, 0.3) is 0 Å². The van der Waals surface area contributed by atoms with Crippen LogP contribution < -0.4 is 5.32 Å². The minimum atomic E-state index is 0.527. The quantitative estimate of drug-likeness (QED) is 0.692. The number of nitrogens with one attached hydrogen (secondary N) is 1. The smallest absolute Gasteiger partial charge is 0.118 e. The average molecular weight is 169 g/mol. The van der Waals surface area contributed by atoms with Gasteiger partial charge in [-0.25, -0.2) is 0 Å². The van der Waals surface area contributed by atoms with Gasteiger partial charge < -0.3 is 9.73 Å². The van der Waals surface area contributed by atoms with E-state index in [2.05, 4.69) is 5.32 Å². The van der Waals surface area contributed by atoms with Crippen molar-refractivity contribution in [1.29, 1.82) is 0 Å². The third-order valence-electron chi connectivity index (χ3n) is 1.79. The van der Waals surface area contributed by atoms with Crippen LogP contribution in [-0.2, 0) is 0 Å². The SMILES string of the molecule is c1coc(C2CNCCS2)c1. The van der Waals surface area contributed by atoms with E-state index >= 15 is 0 Å². The standard InChI is InChI=1S/C8H11NOS/c1-2-7(10-4-1)8-6-9-3-5-11-8/h1-2,4,8-9H,3,5-6H2. The summed E-state index contributed by atoms with van der Waals surface area (Å²) in [6.07, 6.45) is 1.74. The maximum atomic E-state index is 5.31. The third-order valence-corrected chi connectivity index (χ3v) is 3.03. The van der Waals surface area contributed by atoms with Crippen LogP contribution in [-0.4, -0.2) is 18.8 Å². The molecule has 3 heteroatoms. The van der Waals surface area contributed by atoms with E-state index in [0.29, 0.717) is 5.25 Å².